The van der Waals surface area contributed by atoms with Gasteiger partial charge in [0.1, 0.15) is 0 Å². The van der Waals surface area contributed by atoms with Crippen molar-refractivity contribution in [3.05, 3.63) is 22.4 Å². The number of rotatable bonds is 5. The Morgan fingerprint density at radius 3 is 2.35 bits per heavy atom. The van der Waals surface area contributed by atoms with Crippen LogP contribution in [0.25, 0.3) is 0 Å². The first-order chi connectivity index (χ1) is 7.93. The molecule has 1 saturated carbocycles. The van der Waals surface area contributed by atoms with Gasteiger partial charge in [-0.25, -0.2) is 0 Å². The summed E-state index contributed by atoms with van der Waals surface area (Å²) in [6, 6.07) is 2.81. The Hall–Kier alpha value is -0.340. The minimum absolute atomic E-state index is 0.445. The second-order valence-electron chi connectivity index (χ2n) is 6.41. The number of hydrogen-bond donors (Lipinski definition) is 1. The summed E-state index contributed by atoms with van der Waals surface area (Å²) in [5.41, 5.74) is 2.37. The molecule has 0 saturated heterocycles. The molecule has 96 valence electrons. The van der Waals surface area contributed by atoms with Gasteiger partial charge in [0.05, 0.1) is 0 Å². The fourth-order valence-corrected chi connectivity index (χ4v) is 3.96. The summed E-state index contributed by atoms with van der Waals surface area (Å²) >= 11 is 1.81. The average molecular weight is 251 g/mol. The van der Waals surface area contributed by atoms with Crippen molar-refractivity contribution in [2.24, 2.45) is 16.7 Å². The first-order valence-electron chi connectivity index (χ1n) is 6.68. The minimum Gasteiger partial charge on any atom is -0.310 e. The molecule has 1 heterocycles. The van der Waals surface area contributed by atoms with Crippen LogP contribution in [0, 0.1) is 16.7 Å². The summed E-state index contributed by atoms with van der Waals surface area (Å²) in [7, 11) is 0. The quantitative estimate of drug-likeness (QED) is 0.814. The van der Waals surface area contributed by atoms with E-state index in [1.165, 1.54) is 12.0 Å². The van der Waals surface area contributed by atoms with Crippen molar-refractivity contribution in [1.29, 1.82) is 0 Å². The van der Waals surface area contributed by atoms with Crippen LogP contribution < -0.4 is 5.32 Å². The van der Waals surface area contributed by atoms with E-state index in [2.05, 4.69) is 56.8 Å². The van der Waals surface area contributed by atoms with Crippen molar-refractivity contribution in [1.82, 2.24) is 5.32 Å². The van der Waals surface area contributed by atoms with E-state index >= 15 is 0 Å². The molecule has 1 aromatic heterocycles. The summed E-state index contributed by atoms with van der Waals surface area (Å²) < 4.78 is 0. The molecule has 1 aromatic rings. The lowest BCUT2D eigenvalue weighted by Gasteiger charge is -2.20. The molecule has 0 radical (unpaired) electrons. The Kier molecular flexibility index (Phi) is 3.39. The number of nitrogens with one attached hydrogen (secondary N) is 1. The second-order valence-corrected chi connectivity index (χ2v) is 7.19. The summed E-state index contributed by atoms with van der Waals surface area (Å²) in [5.74, 6) is 0.746. The van der Waals surface area contributed by atoms with Crippen molar-refractivity contribution in [3.63, 3.8) is 0 Å². The van der Waals surface area contributed by atoms with Gasteiger partial charge in [-0.1, -0.05) is 34.6 Å². The highest BCUT2D eigenvalue weighted by Crippen LogP contribution is 2.72. The van der Waals surface area contributed by atoms with E-state index in [9.17, 15) is 0 Å². The van der Waals surface area contributed by atoms with Gasteiger partial charge in [-0.15, -0.1) is 0 Å². The lowest BCUT2D eigenvalue weighted by molar-refractivity contribution is 0.411. The molecule has 1 atom stereocenters. The SMILES string of the molecule is CCCNC(c1ccsc1)C1C(C)(C)C1(C)C. The van der Waals surface area contributed by atoms with Crippen LogP contribution >= 0.6 is 11.3 Å². The summed E-state index contributed by atoms with van der Waals surface area (Å²) in [6.45, 7) is 13.0. The van der Waals surface area contributed by atoms with Crippen LogP contribution in [0.15, 0.2) is 16.8 Å². The van der Waals surface area contributed by atoms with Crippen LogP contribution in [-0.2, 0) is 0 Å². The van der Waals surface area contributed by atoms with Crippen LogP contribution in [0.2, 0.25) is 0 Å². The molecule has 0 spiro atoms. The van der Waals surface area contributed by atoms with Crippen LogP contribution in [0.4, 0.5) is 0 Å². The summed E-state index contributed by atoms with van der Waals surface area (Å²) in [4.78, 5) is 0. The first kappa shape index (κ1) is 13.1. The Labute approximate surface area is 110 Å². The van der Waals surface area contributed by atoms with Crippen molar-refractivity contribution >= 4 is 11.3 Å². The zero-order valence-electron chi connectivity index (χ0n) is 11.7. The van der Waals surface area contributed by atoms with Gasteiger partial charge < -0.3 is 5.32 Å². The summed E-state index contributed by atoms with van der Waals surface area (Å²) in [5, 5.41) is 8.25. The van der Waals surface area contributed by atoms with E-state index in [4.69, 9.17) is 0 Å². The minimum atomic E-state index is 0.445. The maximum absolute atomic E-state index is 3.75. The van der Waals surface area contributed by atoms with Crippen molar-refractivity contribution in [3.8, 4) is 0 Å². The van der Waals surface area contributed by atoms with Gasteiger partial charge in [0.25, 0.3) is 0 Å². The third-order valence-electron chi connectivity index (χ3n) is 4.98. The lowest BCUT2D eigenvalue weighted by Crippen LogP contribution is -2.25. The van der Waals surface area contributed by atoms with E-state index in [-0.39, 0.29) is 0 Å². The zero-order valence-corrected chi connectivity index (χ0v) is 12.5. The molecular weight excluding hydrogens is 226 g/mol. The molecule has 1 unspecified atom stereocenters. The fourth-order valence-electron chi connectivity index (χ4n) is 3.26. The maximum atomic E-state index is 3.75. The zero-order chi connectivity index (χ0) is 12.7. The number of thiophene rings is 1. The largest absolute Gasteiger partial charge is 0.310 e. The molecule has 17 heavy (non-hydrogen) atoms. The normalized spacial score (nSPS) is 23.6. The molecule has 2 heteroatoms. The van der Waals surface area contributed by atoms with Crippen molar-refractivity contribution < 1.29 is 0 Å². The molecular formula is C15H25NS. The molecule has 2 rings (SSSR count). The van der Waals surface area contributed by atoms with Gasteiger partial charge in [0, 0.05) is 6.04 Å². The predicted molar refractivity (Wildman–Crippen MR) is 76.4 cm³/mol. The third kappa shape index (κ3) is 2.06. The molecule has 0 amide bonds. The highest BCUT2D eigenvalue weighted by molar-refractivity contribution is 7.07. The van der Waals surface area contributed by atoms with E-state index in [0.29, 0.717) is 16.9 Å². The Morgan fingerprint density at radius 2 is 1.94 bits per heavy atom. The Balaban J connectivity index is 2.19. The van der Waals surface area contributed by atoms with E-state index in [1.807, 2.05) is 0 Å². The number of hydrogen-bond acceptors (Lipinski definition) is 2. The van der Waals surface area contributed by atoms with Gasteiger partial charge in [-0.2, -0.15) is 11.3 Å². The lowest BCUT2D eigenvalue weighted by atomic mass is 9.99. The molecule has 1 N–H and O–H groups in total. The monoisotopic (exact) mass is 251 g/mol. The third-order valence-corrected chi connectivity index (χ3v) is 5.68. The maximum Gasteiger partial charge on any atom is 0.0367 e. The highest BCUT2D eigenvalue weighted by atomic mass is 32.1. The van der Waals surface area contributed by atoms with Crippen LogP contribution in [-0.4, -0.2) is 6.54 Å². The van der Waals surface area contributed by atoms with Gasteiger partial charge in [0.2, 0.25) is 0 Å². The average Bonchev–Trinajstić information content (AvgIpc) is 2.66. The molecule has 1 nitrogen and oxygen atoms in total. The molecule has 1 aliphatic rings. The topological polar surface area (TPSA) is 12.0 Å². The van der Waals surface area contributed by atoms with Crippen molar-refractivity contribution in [2.45, 2.75) is 47.1 Å². The molecule has 0 bridgehead atoms. The molecule has 1 aliphatic carbocycles. The Bertz CT molecular complexity index is 350. The predicted octanol–water partition coefficient (Wildman–Crippen LogP) is 4.47. The fraction of sp³-hybridized carbons (Fsp3) is 0.733. The Morgan fingerprint density at radius 1 is 1.29 bits per heavy atom. The van der Waals surface area contributed by atoms with E-state index in [1.54, 1.807) is 11.3 Å². The molecule has 1 fully saturated rings. The van der Waals surface area contributed by atoms with Crippen LogP contribution in [0.1, 0.15) is 52.6 Å². The van der Waals surface area contributed by atoms with Crippen LogP contribution in [0.5, 0.6) is 0 Å². The van der Waals surface area contributed by atoms with Crippen molar-refractivity contribution in [2.75, 3.05) is 6.54 Å². The molecule has 0 aliphatic heterocycles. The van der Waals surface area contributed by atoms with Crippen LogP contribution in [0.3, 0.4) is 0 Å². The van der Waals surface area contributed by atoms with Gasteiger partial charge in [0.15, 0.2) is 0 Å². The second kappa shape index (κ2) is 4.40. The smallest absolute Gasteiger partial charge is 0.0367 e. The van der Waals surface area contributed by atoms with Gasteiger partial charge in [-0.3, -0.25) is 0 Å². The van der Waals surface area contributed by atoms with E-state index in [0.717, 1.165) is 12.5 Å². The standard InChI is InChI=1S/C15H25NS/c1-6-8-16-12(11-7-9-17-10-11)13-14(2,3)15(13,4)5/h7,9-10,12-13,16H,6,8H2,1-5H3. The van der Waals surface area contributed by atoms with E-state index < -0.39 is 0 Å². The first-order valence-corrected chi connectivity index (χ1v) is 7.62. The summed E-state index contributed by atoms with van der Waals surface area (Å²) in [6.07, 6.45) is 1.20. The van der Waals surface area contributed by atoms with Gasteiger partial charge in [-0.05, 0) is 52.1 Å². The van der Waals surface area contributed by atoms with Gasteiger partial charge >= 0.3 is 0 Å². The highest BCUT2D eigenvalue weighted by Gasteiger charge is 2.67. The molecule has 0 aromatic carbocycles.